The van der Waals surface area contributed by atoms with Gasteiger partial charge in [0, 0.05) is 18.4 Å². The lowest BCUT2D eigenvalue weighted by molar-refractivity contribution is 0.567. The largest absolute Gasteiger partial charge is 0.245 e. The number of nitrogens with zero attached hydrogens (tertiary/aromatic N) is 6. The molecule has 4 aromatic rings. The fraction of sp³-hybridized carbons (Fsp3) is 0.375. The highest BCUT2D eigenvalue weighted by Crippen LogP contribution is 2.24. The molecular formula is C24H29N7. The van der Waals surface area contributed by atoms with Crippen LogP contribution in [0.5, 0.6) is 0 Å². The van der Waals surface area contributed by atoms with E-state index >= 15 is 0 Å². The Bertz CT molecular complexity index is 1100. The van der Waals surface area contributed by atoms with E-state index in [9.17, 15) is 0 Å². The van der Waals surface area contributed by atoms with Crippen LogP contribution in [0.4, 0.5) is 0 Å². The number of aromatic nitrogens is 7. The lowest BCUT2D eigenvalue weighted by Crippen LogP contribution is -2.07. The van der Waals surface area contributed by atoms with E-state index in [0.717, 1.165) is 60.6 Å². The zero-order chi connectivity index (χ0) is 21.6. The molecule has 0 unspecified atom stereocenters. The van der Waals surface area contributed by atoms with E-state index < -0.39 is 0 Å². The summed E-state index contributed by atoms with van der Waals surface area (Å²) in [5.74, 6) is 3.38. The molecule has 0 aliphatic carbocycles. The van der Waals surface area contributed by atoms with Crippen molar-refractivity contribution in [1.29, 1.82) is 0 Å². The van der Waals surface area contributed by atoms with Gasteiger partial charge in [0.2, 0.25) is 0 Å². The third-order valence-corrected chi connectivity index (χ3v) is 5.31. The van der Waals surface area contributed by atoms with Gasteiger partial charge in [0.1, 0.15) is 5.82 Å². The second kappa shape index (κ2) is 9.64. The smallest absolute Gasteiger partial charge is 0.179 e. The molecule has 0 aliphatic heterocycles. The predicted molar refractivity (Wildman–Crippen MR) is 121 cm³/mol. The second-order valence-electron chi connectivity index (χ2n) is 8.31. The summed E-state index contributed by atoms with van der Waals surface area (Å²) in [7, 11) is 0. The molecule has 7 heteroatoms. The molecular weight excluding hydrogens is 386 g/mol. The summed E-state index contributed by atoms with van der Waals surface area (Å²) < 4.78 is 2.08. The van der Waals surface area contributed by atoms with Gasteiger partial charge < -0.3 is 0 Å². The van der Waals surface area contributed by atoms with E-state index in [4.69, 9.17) is 10.1 Å². The first-order chi connectivity index (χ1) is 15.1. The van der Waals surface area contributed by atoms with E-state index in [-0.39, 0.29) is 0 Å². The van der Waals surface area contributed by atoms with Crippen LogP contribution in [-0.2, 0) is 19.4 Å². The van der Waals surface area contributed by atoms with Crippen LogP contribution >= 0.6 is 0 Å². The van der Waals surface area contributed by atoms with Gasteiger partial charge >= 0.3 is 0 Å². The summed E-state index contributed by atoms with van der Waals surface area (Å²) in [6.45, 7) is 7.41. The maximum atomic E-state index is 4.80. The third-order valence-electron chi connectivity index (χ3n) is 5.31. The predicted octanol–water partition coefficient (Wildman–Crippen LogP) is 4.71. The van der Waals surface area contributed by atoms with E-state index in [1.165, 1.54) is 5.56 Å². The molecule has 31 heavy (non-hydrogen) atoms. The topological polar surface area (TPSA) is 85.2 Å². The summed E-state index contributed by atoms with van der Waals surface area (Å²) >= 11 is 0. The highest BCUT2D eigenvalue weighted by atomic mass is 15.5. The summed E-state index contributed by atoms with van der Waals surface area (Å²) in [5, 5.41) is 18.9. The Morgan fingerprint density at radius 1 is 0.968 bits per heavy atom. The molecule has 0 atom stereocenters. The van der Waals surface area contributed by atoms with Crippen molar-refractivity contribution in [3.05, 3.63) is 65.7 Å². The number of hydrogen-bond acceptors (Lipinski definition) is 5. The summed E-state index contributed by atoms with van der Waals surface area (Å²) in [6, 6.07) is 16.9. The van der Waals surface area contributed by atoms with Crippen molar-refractivity contribution in [2.75, 3.05) is 0 Å². The fourth-order valence-corrected chi connectivity index (χ4v) is 3.59. The number of aromatic amines is 1. The molecule has 0 amide bonds. The molecule has 1 N–H and O–H groups in total. The number of H-pyrrole nitrogens is 1. The zero-order valence-corrected chi connectivity index (χ0v) is 18.4. The molecule has 0 radical (unpaired) electrons. The summed E-state index contributed by atoms with van der Waals surface area (Å²) in [4.78, 5) is 4.80. The molecule has 0 saturated carbocycles. The van der Waals surface area contributed by atoms with E-state index in [1.807, 2.05) is 12.1 Å². The van der Waals surface area contributed by atoms with Crippen LogP contribution in [0.15, 0.2) is 48.5 Å². The minimum atomic E-state index is 0.660. The molecule has 0 fully saturated rings. The molecule has 2 aromatic heterocycles. The Balaban J connectivity index is 1.51. The number of aryl methyl sites for hydroxylation is 2. The Morgan fingerprint density at radius 3 is 2.48 bits per heavy atom. The normalized spacial score (nSPS) is 11.4. The minimum absolute atomic E-state index is 0.660. The second-order valence-corrected chi connectivity index (χ2v) is 8.31. The van der Waals surface area contributed by atoms with Crippen molar-refractivity contribution in [3.63, 3.8) is 0 Å². The zero-order valence-electron chi connectivity index (χ0n) is 18.4. The monoisotopic (exact) mass is 415 g/mol. The van der Waals surface area contributed by atoms with Gasteiger partial charge in [-0.2, -0.15) is 5.10 Å². The van der Waals surface area contributed by atoms with Gasteiger partial charge in [-0.25, -0.2) is 14.8 Å². The number of hydrogen-bond donors (Lipinski definition) is 1. The van der Waals surface area contributed by atoms with Crippen molar-refractivity contribution in [1.82, 2.24) is 35.4 Å². The van der Waals surface area contributed by atoms with Crippen molar-refractivity contribution >= 4 is 0 Å². The van der Waals surface area contributed by atoms with Gasteiger partial charge in [-0.3, -0.25) is 0 Å². The van der Waals surface area contributed by atoms with Crippen LogP contribution in [0.3, 0.4) is 0 Å². The van der Waals surface area contributed by atoms with Gasteiger partial charge in [0.25, 0.3) is 0 Å². The Hall–Kier alpha value is -3.35. The van der Waals surface area contributed by atoms with E-state index in [1.54, 1.807) is 0 Å². The first kappa shape index (κ1) is 20.9. The number of tetrazole rings is 1. The first-order valence-corrected chi connectivity index (χ1v) is 11.0. The maximum Gasteiger partial charge on any atom is 0.179 e. The Kier molecular flexibility index (Phi) is 6.50. The lowest BCUT2D eigenvalue weighted by Gasteiger charge is -2.08. The van der Waals surface area contributed by atoms with Gasteiger partial charge in [-0.1, -0.05) is 63.2 Å². The van der Waals surface area contributed by atoms with Crippen molar-refractivity contribution in [2.24, 2.45) is 5.92 Å². The molecule has 0 bridgehead atoms. The highest BCUT2D eigenvalue weighted by molar-refractivity contribution is 5.70. The van der Waals surface area contributed by atoms with Crippen LogP contribution in [0.2, 0.25) is 0 Å². The quantitative estimate of drug-likeness (QED) is 0.428. The molecule has 0 spiro atoms. The number of rotatable bonds is 9. The molecule has 7 nitrogen and oxygen atoms in total. The highest BCUT2D eigenvalue weighted by Gasteiger charge is 2.11. The van der Waals surface area contributed by atoms with Crippen LogP contribution in [0, 0.1) is 5.92 Å². The molecule has 4 rings (SSSR count). The van der Waals surface area contributed by atoms with Crippen LogP contribution in [0.1, 0.15) is 50.8 Å². The summed E-state index contributed by atoms with van der Waals surface area (Å²) in [5.41, 5.74) is 4.47. The number of nitrogens with one attached hydrogen (secondary N) is 1. The molecule has 0 saturated heterocycles. The van der Waals surface area contributed by atoms with Gasteiger partial charge in [0.15, 0.2) is 11.6 Å². The molecule has 2 heterocycles. The fourth-order valence-electron chi connectivity index (χ4n) is 3.59. The average molecular weight is 416 g/mol. The first-order valence-electron chi connectivity index (χ1n) is 11.0. The van der Waals surface area contributed by atoms with Crippen molar-refractivity contribution < 1.29 is 0 Å². The average Bonchev–Trinajstić information content (AvgIpc) is 3.44. The third kappa shape index (κ3) is 5.23. The Morgan fingerprint density at radius 2 is 1.77 bits per heavy atom. The molecule has 2 aromatic carbocycles. The van der Waals surface area contributed by atoms with Gasteiger partial charge in [-0.05, 0) is 51.9 Å². The van der Waals surface area contributed by atoms with Crippen molar-refractivity contribution in [3.8, 4) is 22.5 Å². The number of benzene rings is 2. The van der Waals surface area contributed by atoms with Crippen LogP contribution < -0.4 is 0 Å². The standard InChI is InChI=1S/C24H29N7/c1-4-6-23-25-22(14-9-17(2)3)28-31(23)16-18-10-12-19(13-11-18)20-7-5-8-21(15-20)24-26-29-30-27-24/h5,7-8,10-13,15,17H,4,6,9,14,16H2,1-3H3,(H,26,27,29,30). The maximum absolute atomic E-state index is 4.80. The van der Waals surface area contributed by atoms with E-state index in [0.29, 0.717) is 11.7 Å². The lowest BCUT2D eigenvalue weighted by atomic mass is 10.0. The van der Waals surface area contributed by atoms with Crippen molar-refractivity contribution in [2.45, 2.75) is 53.0 Å². The Labute approximate surface area is 182 Å². The van der Waals surface area contributed by atoms with Gasteiger partial charge in [0.05, 0.1) is 6.54 Å². The van der Waals surface area contributed by atoms with Gasteiger partial charge in [-0.15, -0.1) is 5.10 Å². The molecule has 0 aliphatic rings. The van der Waals surface area contributed by atoms with E-state index in [2.05, 4.69) is 82.5 Å². The summed E-state index contributed by atoms with van der Waals surface area (Å²) in [6.07, 6.45) is 4.08. The van der Waals surface area contributed by atoms with Crippen LogP contribution in [0.25, 0.3) is 22.5 Å². The molecule has 160 valence electrons. The van der Waals surface area contributed by atoms with Crippen LogP contribution in [-0.4, -0.2) is 35.4 Å². The SMILES string of the molecule is CCCc1nc(CCC(C)C)nn1Cc1ccc(-c2cccc(-c3nnn[nH]3)c2)cc1. The minimum Gasteiger partial charge on any atom is -0.245 e.